The van der Waals surface area contributed by atoms with E-state index in [0.29, 0.717) is 23.7 Å². The van der Waals surface area contributed by atoms with Crippen molar-refractivity contribution < 1.29 is 19.1 Å². The average Bonchev–Trinajstić information content (AvgIpc) is 3.52. The number of carbonyl (C=O) groups excluding carboxylic acids is 2. The van der Waals surface area contributed by atoms with E-state index in [-0.39, 0.29) is 34.9 Å². The van der Waals surface area contributed by atoms with Gasteiger partial charge in [0.25, 0.3) is 5.24 Å². The highest BCUT2D eigenvalue weighted by atomic mass is 35.5. The fourth-order valence-electron chi connectivity index (χ4n) is 4.48. The van der Waals surface area contributed by atoms with Crippen LogP contribution in [-0.2, 0) is 11.2 Å². The third kappa shape index (κ3) is 6.14. The van der Waals surface area contributed by atoms with Crippen molar-refractivity contribution in [2.45, 2.75) is 24.7 Å². The molecule has 2 amide bonds. The molecule has 6 rings (SSSR count). The summed E-state index contributed by atoms with van der Waals surface area (Å²) in [6.07, 6.45) is 0.173. The molecule has 2 unspecified atom stereocenters. The van der Waals surface area contributed by atoms with Crippen molar-refractivity contribution in [3.8, 4) is 28.4 Å². The lowest BCUT2D eigenvalue weighted by Gasteiger charge is -2.13. The molecule has 0 aliphatic carbocycles. The molecule has 0 radical (unpaired) electrons. The minimum absolute atomic E-state index is 0. The molecule has 2 heterocycles. The van der Waals surface area contributed by atoms with Gasteiger partial charge in [0.1, 0.15) is 23.1 Å². The predicted octanol–water partition coefficient (Wildman–Crippen LogP) is 7.48. The lowest BCUT2D eigenvalue weighted by Crippen LogP contribution is -2.25. The Kier molecular flexibility index (Phi) is 8.09. The molecule has 1 aliphatic rings. The summed E-state index contributed by atoms with van der Waals surface area (Å²) in [4.78, 5) is 31.3. The lowest BCUT2D eigenvalue weighted by molar-refractivity contribution is -0.118. The van der Waals surface area contributed by atoms with Crippen molar-refractivity contribution in [2.75, 3.05) is 0 Å². The zero-order valence-corrected chi connectivity index (χ0v) is 23.1. The second-order valence-electron chi connectivity index (χ2n) is 9.29. The highest BCUT2D eigenvalue weighted by Gasteiger charge is 2.31. The maximum absolute atomic E-state index is 11.8. The van der Waals surface area contributed by atoms with E-state index in [9.17, 15) is 9.59 Å². The summed E-state index contributed by atoms with van der Waals surface area (Å²) in [5, 5.41) is 1.64. The average molecular weight is 572 g/mol. The maximum atomic E-state index is 11.8. The molecule has 1 aromatic heterocycles. The highest BCUT2D eigenvalue weighted by Crippen LogP contribution is 2.30. The molecule has 2 atom stereocenters. The number of aromatic nitrogens is 2. The molecular weight excluding hydrogens is 546 g/mol. The molecule has 202 valence electrons. The zero-order valence-electron chi connectivity index (χ0n) is 21.5. The molecule has 5 aromatic rings. The number of benzene rings is 4. The standard InChI is InChI=1S/C31H25N3O4S.ClH/c1-19(37-23-12-10-20(11-13-23)16-28-30(35)34-31(36)39-28)29-32-26-15-14-25(18-27(26)33-29)38-24-9-5-8-22(17-24)21-6-3-2-4-7-21;/h2-15,17-19,28H,16H2,1H3,(H,32,33)(H,34,35,36);1H. The Balaban J connectivity index is 0.00000323. The molecule has 1 saturated heterocycles. The Labute approximate surface area is 241 Å². The molecular formula is C31H26ClN3O4S. The fraction of sp³-hybridized carbons (Fsp3) is 0.129. The summed E-state index contributed by atoms with van der Waals surface area (Å²) in [5.74, 6) is 2.62. The summed E-state index contributed by atoms with van der Waals surface area (Å²) < 4.78 is 12.3. The van der Waals surface area contributed by atoms with Crippen molar-refractivity contribution in [2.24, 2.45) is 0 Å². The number of thioether (sulfide) groups is 1. The van der Waals surface area contributed by atoms with Gasteiger partial charge in [-0.05, 0) is 66.4 Å². The third-order valence-corrected chi connectivity index (χ3v) is 7.44. The Morgan fingerprint density at radius 1 is 0.850 bits per heavy atom. The number of amides is 2. The molecule has 0 saturated carbocycles. The van der Waals surface area contributed by atoms with Crippen molar-refractivity contribution >= 4 is 46.3 Å². The first kappa shape index (κ1) is 27.3. The van der Waals surface area contributed by atoms with Crippen molar-refractivity contribution in [1.29, 1.82) is 0 Å². The summed E-state index contributed by atoms with van der Waals surface area (Å²) >= 11 is 1.03. The van der Waals surface area contributed by atoms with Crippen LogP contribution in [0.25, 0.3) is 22.2 Å². The number of imidazole rings is 1. The molecule has 2 N–H and O–H groups in total. The van der Waals surface area contributed by atoms with Gasteiger partial charge in [0, 0.05) is 6.07 Å². The number of nitrogens with one attached hydrogen (secondary N) is 2. The molecule has 0 spiro atoms. The number of imide groups is 1. The van der Waals surface area contributed by atoms with E-state index >= 15 is 0 Å². The van der Waals surface area contributed by atoms with Crippen LogP contribution >= 0.6 is 24.2 Å². The van der Waals surface area contributed by atoms with Crippen molar-refractivity contribution in [3.63, 3.8) is 0 Å². The lowest BCUT2D eigenvalue weighted by atomic mass is 10.1. The molecule has 9 heteroatoms. The van der Waals surface area contributed by atoms with Gasteiger partial charge in [-0.25, -0.2) is 4.98 Å². The normalized spacial score (nSPS) is 15.4. The van der Waals surface area contributed by atoms with E-state index in [4.69, 9.17) is 14.5 Å². The molecule has 40 heavy (non-hydrogen) atoms. The first-order valence-electron chi connectivity index (χ1n) is 12.6. The largest absolute Gasteiger partial charge is 0.483 e. The van der Waals surface area contributed by atoms with Gasteiger partial charge in [-0.1, -0.05) is 66.4 Å². The Morgan fingerprint density at radius 2 is 1.57 bits per heavy atom. The number of hydrogen-bond acceptors (Lipinski definition) is 6. The van der Waals surface area contributed by atoms with Crippen molar-refractivity contribution in [1.82, 2.24) is 15.3 Å². The number of hydrogen-bond donors (Lipinski definition) is 2. The number of ether oxygens (including phenoxy) is 2. The van der Waals surface area contributed by atoms with Crippen LogP contribution in [0.4, 0.5) is 4.79 Å². The first-order chi connectivity index (χ1) is 19.0. The van der Waals surface area contributed by atoms with Crippen LogP contribution < -0.4 is 14.8 Å². The predicted molar refractivity (Wildman–Crippen MR) is 159 cm³/mol. The first-order valence-corrected chi connectivity index (χ1v) is 13.5. The SMILES string of the molecule is CC(Oc1ccc(CC2SC(=O)NC2=O)cc1)c1nc2ccc(Oc3cccc(-c4ccccc4)c3)cc2[nH]1.Cl. The fourth-order valence-corrected chi connectivity index (χ4v) is 5.34. The van der Waals surface area contributed by atoms with Gasteiger partial charge in [-0.2, -0.15) is 0 Å². The monoisotopic (exact) mass is 571 g/mol. The number of fused-ring (bicyclic) bond motifs is 1. The number of aromatic amines is 1. The number of halogens is 1. The van der Waals surface area contributed by atoms with E-state index < -0.39 is 0 Å². The summed E-state index contributed by atoms with van der Waals surface area (Å²) in [6, 6.07) is 31.5. The van der Waals surface area contributed by atoms with E-state index in [1.165, 1.54) is 0 Å². The smallest absolute Gasteiger partial charge is 0.286 e. The van der Waals surface area contributed by atoms with Crippen LogP contribution in [-0.4, -0.2) is 26.4 Å². The van der Waals surface area contributed by atoms with Gasteiger partial charge >= 0.3 is 0 Å². The van der Waals surface area contributed by atoms with Crippen LogP contribution in [0.3, 0.4) is 0 Å². The minimum Gasteiger partial charge on any atom is -0.483 e. The zero-order chi connectivity index (χ0) is 26.8. The Bertz CT molecular complexity index is 1660. The van der Waals surface area contributed by atoms with E-state index in [1.54, 1.807) is 0 Å². The Morgan fingerprint density at radius 3 is 2.33 bits per heavy atom. The maximum Gasteiger partial charge on any atom is 0.286 e. The van der Waals surface area contributed by atoms with Gasteiger partial charge in [0.2, 0.25) is 5.91 Å². The summed E-state index contributed by atoms with van der Waals surface area (Å²) in [5.41, 5.74) is 4.87. The molecule has 7 nitrogen and oxygen atoms in total. The second-order valence-corrected chi connectivity index (χ2v) is 10.5. The molecule has 4 aromatic carbocycles. The van der Waals surface area contributed by atoms with Crippen LogP contribution in [0.2, 0.25) is 0 Å². The van der Waals surface area contributed by atoms with Gasteiger partial charge in [0.05, 0.1) is 16.3 Å². The van der Waals surface area contributed by atoms with Crippen LogP contribution in [0.1, 0.15) is 24.4 Å². The van der Waals surface area contributed by atoms with E-state index in [2.05, 4.69) is 28.5 Å². The summed E-state index contributed by atoms with van der Waals surface area (Å²) in [6.45, 7) is 1.93. The minimum atomic E-state index is -0.389. The number of H-pyrrole nitrogens is 1. The van der Waals surface area contributed by atoms with Crippen molar-refractivity contribution in [3.05, 3.63) is 108 Å². The number of carbonyl (C=O) groups is 2. The molecule has 1 aliphatic heterocycles. The van der Waals surface area contributed by atoms with Gasteiger partial charge in [0.15, 0.2) is 6.10 Å². The van der Waals surface area contributed by atoms with Crippen LogP contribution in [0.15, 0.2) is 97.1 Å². The van der Waals surface area contributed by atoms with Crippen LogP contribution in [0.5, 0.6) is 17.2 Å². The van der Waals surface area contributed by atoms with E-state index in [1.807, 2.05) is 85.8 Å². The highest BCUT2D eigenvalue weighted by molar-refractivity contribution is 8.15. The van der Waals surface area contributed by atoms with E-state index in [0.717, 1.165) is 45.2 Å². The van der Waals surface area contributed by atoms with Gasteiger partial charge in [-0.3, -0.25) is 14.9 Å². The van der Waals surface area contributed by atoms with Gasteiger partial charge < -0.3 is 14.5 Å². The number of nitrogens with zero attached hydrogens (tertiary/aromatic N) is 1. The summed E-state index contributed by atoms with van der Waals surface area (Å²) in [7, 11) is 0. The second kappa shape index (κ2) is 11.9. The third-order valence-electron chi connectivity index (χ3n) is 6.46. The Hall–Kier alpha value is -4.27. The van der Waals surface area contributed by atoms with Gasteiger partial charge in [-0.15, -0.1) is 12.4 Å². The number of rotatable bonds is 8. The molecule has 1 fully saturated rings. The quantitative estimate of drug-likeness (QED) is 0.200. The topological polar surface area (TPSA) is 93.3 Å². The van der Waals surface area contributed by atoms with Crippen LogP contribution in [0, 0.1) is 0 Å². The molecule has 0 bridgehead atoms.